The fourth-order valence-electron chi connectivity index (χ4n) is 4.59. The van der Waals surface area contributed by atoms with Crippen molar-refractivity contribution in [3.63, 3.8) is 0 Å². The molecule has 0 aliphatic carbocycles. The van der Waals surface area contributed by atoms with Gasteiger partial charge in [-0.25, -0.2) is 0 Å². The van der Waals surface area contributed by atoms with E-state index < -0.39 is 16.6 Å². The zero-order chi connectivity index (χ0) is 19.2. The summed E-state index contributed by atoms with van der Waals surface area (Å²) < 4.78 is 14.0. The summed E-state index contributed by atoms with van der Waals surface area (Å²) in [6.45, 7) is 14.0. The number of hydrogen-bond donors (Lipinski definition) is 0. The topological polar surface area (TPSA) is 18.5 Å². The molecule has 0 rings (SSSR count). The van der Waals surface area contributed by atoms with Crippen molar-refractivity contribution < 1.29 is 8.85 Å². The molecule has 152 valence electrons. The van der Waals surface area contributed by atoms with Crippen molar-refractivity contribution in [2.75, 3.05) is 0 Å². The lowest BCUT2D eigenvalue weighted by molar-refractivity contribution is 0.00200. The average Bonchev–Trinajstić information content (AvgIpc) is 2.55. The summed E-state index contributed by atoms with van der Waals surface area (Å²) in [6.07, 6.45) is 7.72. The van der Waals surface area contributed by atoms with Gasteiger partial charge in [-0.2, -0.15) is 0 Å². The Kier molecular flexibility index (Phi) is 14.9. The van der Waals surface area contributed by atoms with Crippen molar-refractivity contribution in [3.8, 4) is 0 Å². The van der Waals surface area contributed by atoms with E-state index in [0.717, 1.165) is 6.04 Å². The molecule has 25 heavy (non-hydrogen) atoms. The summed E-state index contributed by atoms with van der Waals surface area (Å²) in [5.74, 6) is 0. The Bertz CT molecular complexity index is 251. The first kappa shape index (κ1) is 25.6. The van der Waals surface area contributed by atoms with Crippen LogP contribution in [0.1, 0.15) is 80.1 Å². The van der Waals surface area contributed by atoms with Gasteiger partial charge in [-0.15, -0.1) is 0 Å². The van der Waals surface area contributed by atoms with Crippen LogP contribution in [0.3, 0.4) is 0 Å². The predicted octanol–water partition coefficient (Wildman–Crippen LogP) is 6.48. The molecule has 0 radical (unpaired) electrons. The van der Waals surface area contributed by atoms with Gasteiger partial charge >= 0.3 is 0 Å². The highest BCUT2D eigenvalue weighted by Gasteiger charge is 2.39. The van der Waals surface area contributed by atoms with Crippen LogP contribution >= 0.6 is 0 Å². The normalized spacial score (nSPS) is 13.1. The third-order valence-corrected chi connectivity index (χ3v) is 16.0. The van der Waals surface area contributed by atoms with E-state index in [9.17, 15) is 0 Å². The Morgan fingerprint density at radius 2 is 0.800 bits per heavy atom. The molecule has 0 fully saturated rings. The molecule has 0 aliphatic rings. The minimum Gasteiger partial charge on any atom is -0.393 e. The van der Waals surface area contributed by atoms with Crippen LogP contribution in [-0.4, -0.2) is 33.2 Å². The van der Waals surface area contributed by atoms with Gasteiger partial charge in [-0.05, 0) is 42.3 Å². The van der Waals surface area contributed by atoms with Gasteiger partial charge in [-0.1, -0.05) is 80.1 Å². The number of hydrogen-bond acceptors (Lipinski definition) is 2. The highest BCUT2D eigenvalue weighted by Crippen LogP contribution is 2.34. The highest BCUT2D eigenvalue weighted by atomic mass is 28.4. The largest absolute Gasteiger partial charge is 0.393 e. The first-order valence-electron chi connectivity index (χ1n) is 11.4. The molecule has 0 atom stereocenters. The molecule has 0 saturated heterocycles. The van der Waals surface area contributed by atoms with E-state index in [1.165, 1.54) is 85.0 Å². The van der Waals surface area contributed by atoms with E-state index >= 15 is 0 Å². The van der Waals surface area contributed by atoms with Gasteiger partial charge < -0.3 is 8.85 Å². The van der Waals surface area contributed by atoms with Gasteiger partial charge in [0.2, 0.25) is 0 Å². The van der Waals surface area contributed by atoms with Crippen LogP contribution in [0.25, 0.3) is 0 Å². The quantitative estimate of drug-likeness (QED) is 0.204. The fraction of sp³-hybridized carbons (Fsp3) is 1.00. The number of rotatable bonds is 17. The maximum Gasteiger partial charge on any atom is 0.196 e. The fourth-order valence-corrected chi connectivity index (χ4v) is 14.9. The Hall–Kier alpha value is 0.571. The monoisotopic (exact) mass is 404 g/mol. The Morgan fingerprint density at radius 1 is 0.560 bits per heavy atom. The summed E-state index contributed by atoms with van der Waals surface area (Å²) in [7, 11) is -2.08. The Labute approximate surface area is 164 Å². The lowest BCUT2D eigenvalue weighted by Gasteiger charge is -2.40. The van der Waals surface area contributed by atoms with Crippen LogP contribution < -0.4 is 0 Å². The second kappa shape index (κ2) is 14.6. The third kappa shape index (κ3) is 9.36. The smallest absolute Gasteiger partial charge is 0.196 e. The molecule has 0 saturated carbocycles. The van der Waals surface area contributed by atoms with Gasteiger partial charge in [0, 0.05) is 10.2 Å². The highest BCUT2D eigenvalue weighted by molar-refractivity contribution is 6.75. The zero-order valence-corrected chi connectivity index (χ0v) is 22.6. The lowest BCUT2D eigenvalue weighted by atomic mass is 10.6. The SMILES string of the molecule is CCC[Si](CCC)(CCC)OC(C[SiH3])O[Si](CCC)(CCC)CCC. The van der Waals surface area contributed by atoms with E-state index in [0.29, 0.717) is 0 Å². The summed E-state index contributed by atoms with van der Waals surface area (Å²) in [5.41, 5.74) is 0. The molecular weight excluding hydrogens is 356 g/mol. The first-order chi connectivity index (χ1) is 12.0. The van der Waals surface area contributed by atoms with Crippen LogP contribution in [0.15, 0.2) is 0 Å². The molecule has 0 aromatic carbocycles. The van der Waals surface area contributed by atoms with Crippen LogP contribution in [0.4, 0.5) is 0 Å². The maximum absolute atomic E-state index is 6.99. The molecule has 0 spiro atoms. The van der Waals surface area contributed by atoms with Gasteiger partial charge in [0.25, 0.3) is 0 Å². The minimum absolute atomic E-state index is 0.124. The summed E-state index contributed by atoms with van der Waals surface area (Å²) >= 11 is 0. The summed E-state index contributed by atoms with van der Waals surface area (Å²) in [5, 5.41) is 0. The third-order valence-electron chi connectivity index (χ3n) is 5.33. The summed E-state index contributed by atoms with van der Waals surface area (Å²) in [4.78, 5) is 0. The van der Waals surface area contributed by atoms with Crippen LogP contribution in [0, 0.1) is 0 Å². The Balaban J connectivity index is 5.33. The van der Waals surface area contributed by atoms with E-state index in [2.05, 4.69) is 41.5 Å². The molecule has 5 heteroatoms. The predicted molar refractivity (Wildman–Crippen MR) is 123 cm³/mol. The van der Waals surface area contributed by atoms with Gasteiger partial charge in [-0.3, -0.25) is 0 Å². The zero-order valence-electron chi connectivity index (χ0n) is 18.6. The van der Waals surface area contributed by atoms with Crippen molar-refractivity contribution >= 4 is 26.9 Å². The maximum atomic E-state index is 6.99. The van der Waals surface area contributed by atoms with Crippen LogP contribution in [0.5, 0.6) is 0 Å². The van der Waals surface area contributed by atoms with Crippen molar-refractivity contribution in [3.05, 3.63) is 0 Å². The van der Waals surface area contributed by atoms with Gasteiger partial charge in [0.05, 0.1) is 0 Å². The molecule has 0 aromatic heterocycles. The van der Waals surface area contributed by atoms with Crippen molar-refractivity contribution in [2.45, 2.75) is 129 Å². The van der Waals surface area contributed by atoms with Gasteiger partial charge in [0.15, 0.2) is 16.6 Å². The molecule has 0 bridgehead atoms. The van der Waals surface area contributed by atoms with Crippen LogP contribution in [-0.2, 0) is 8.85 Å². The summed E-state index contributed by atoms with van der Waals surface area (Å²) in [6, 6.07) is 9.07. The van der Waals surface area contributed by atoms with E-state index in [1.54, 1.807) is 0 Å². The second-order valence-electron chi connectivity index (χ2n) is 7.94. The van der Waals surface area contributed by atoms with E-state index in [1.807, 2.05) is 0 Å². The lowest BCUT2D eigenvalue weighted by Crippen LogP contribution is -2.48. The second-order valence-corrected chi connectivity index (χ2v) is 17.0. The Morgan fingerprint density at radius 3 is 0.960 bits per heavy atom. The average molecular weight is 405 g/mol. The van der Waals surface area contributed by atoms with Crippen molar-refractivity contribution in [2.24, 2.45) is 0 Å². The van der Waals surface area contributed by atoms with Crippen LogP contribution in [0.2, 0.25) is 42.3 Å². The van der Waals surface area contributed by atoms with Crippen molar-refractivity contribution in [1.29, 1.82) is 0 Å². The van der Waals surface area contributed by atoms with Crippen molar-refractivity contribution in [1.82, 2.24) is 0 Å². The molecule has 0 aliphatic heterocycles. The molecule has 0 N–H and O–H groups in total. The molecule has 0 unspecified atom stereocenters. The molecule has 0 heterocycles. The van der Waals surface area contributed by atoms with E-state index in [4.69, 9.17) is 8.85 Å². The standard InChI is InChI=1S/C20H48O2Si3/c1-7-13-24(14-8-2,15-9-3)21-20(19-23)22-25(16-10-4,17-11-5)18-12-6/h20H,7-19H2,1-6,23H3. The molecule has 0 amide bonds. The minimum atomic E-state index is -1.63. The molecule has 2 nitrogen and oxygen atoms in total. The van der Waals surface area contributed by atoms with Gasteiger partial charge in [0.1, 0.15) is 6.29 Å². The molecular formula is C20H48O2Si3. The molecule has 0 aromatic rings. The first-order valence-corrected chi connectivity index (χ1v) is 17.8. The van der Waals surface area contributed by atoms with E-state index in [-0.39, 0.29) is 6.29 Å².